The molecule has 1 amide bonds. The third-order valence-electron chi connectivity index (χ3n) is 2.69. The smallest absolute Gasteiger partial charge is 0.265 e. The maximum absolute atomic E-state index is 13.5. The number of hydrogen-bond acceptors (Lipinski definition) is 5. The van der Waals surface area contributed by atoms with E-state index in [-0.39, 0.29) is 22.8 Å². The molecule has 3 N–H and O–H groups in total. The summed E-state index contributed by atoms with van der Waals surface area (Å²) >= 11 is 1.14. The van der Waals surface area contributed by atoms with Crippen molar-refractivity contribution in [3.05, 3.63) is 40.3 Å². The number of carbonyl (C=O) groups excluding carboxylic acids is 1. The Labute approximate surface area is 124 Å². The number of carbonyl (C=O) groups is 1. The molecular weight excluding hydrogens is 298 g/mol. The standard InChI is InChI=1S/C13H14F2N4OS/c1-19(2)13-18-11(16)10(21-13)12(20)17-6-7-3-4-8(14)5-9(7)15/h3-5H,6,16H2,1-2H3,(H,17,20). The summed E-state index contributed by atoms with van der Waals surface area (Å²) in [4.78, 5) is 18.1. The number of rotatable bonds is 4. The second-order valence-corrected chi connectivity index (χ2v) is 5.50. The van der Waals surface area contributed by atoms with Gasteiger partial charge in [0.15, 0.2) is 5.13 Å². The fraction of sp³-hybridized carbons (Fsp3) is 0.231. The predicted octanol–water partition coefficient (Wildman–Crippen LogP) is 2.00. The summed E-state index contributed by atoms with van der Waals surface area (Å²) in [7, 11) is 3.57. The lowest BCUT2D eigenvalue weighted by Gasteiger charge is -2.06. The van der Waals surface area contributed by atoms with Gasteiger partial charge in [-0.3, -0.25) is 4.79 Å². The molecule has 112 valence electrons. The van der Waals surface area contributed by atoms with Crippen LogP contribution in [-0.4, -0.2) is 25.0 Å². The van der Waals surface area contributed by atoms with Crippen molar-refractivity contribution in [3.8, 4) is 0 Å². The van der Waals surface area contributed by atoms with Crippen LogP contribution in [0.5, 0.6) is 0 Å². The Morgan fingerprint density at radius 2 is 2.14 bits per heavy atom. The van der Waals surface area contributed by atoms with E-state index in [0.717, 1.165) is 23.5 Å². The Hall–Kier alpha value is -2.22. The zero-order valence-corrected chi connectivity index (χ0v) is 12.3. The number of nitrogens with two attached hydrogens (primary N) is 1. The van der Waals surface area contributed by atoms with Gasteiger partial charge in [0.2, 0.25) is 0 Å². The summed E-state index contributed by atoms with van der Waals surface area (Å²) in [6.45, 7) is -0.0560. The first-order valence-corrected chi connectivity index (χ1v) is 6.86. The summed E-state index contributed by atoms with van der Waals surface area (Å²) in [5, 5.41) is 3.14. The molecule has 0 atom stereocenters. The average molecular weight is 312 g/mol. The molecule has 1 aromatic carbocycles. The Kier molecular flexibility index (Phi) is 4.37. The van der Waals surface area contributed by atoms with Crippen molar-refractivity contribution >= 4 is 28.2 Å². The van der Waals surface area contributed by atoms with E-state index < -0.39 is 17.5 Å². The molecule has 0 fully saturated rings. The number of nitrogen functional groups attached to an aromatic ring is 1. The molecule has 0 unspecified atom stereocenters. The zero-order valence-electron chi connectivity index (χ0n) is 11.5. The maximum atomic E-state index is 13.5. The number of anilines is 2. The highest BCUT2D eigenvalue weighted by molar-refractivity contribution is 7.18. The molecule has 0 aliphatic rings. The number of benzene rings is 1. The molecule has 0 aliphatic heterocycles. The van der Waals surface area contributed by atoms with Gasteiger partial charge in [-0.2, -0.15) is 0 Å². The minimum Gasteiger partial charge on any atom is -0.382 e. The van der Waals surface area contributed by atoms with Crippen molar-refractivity contribution in [1.29, 1.82) is 0 Å². The van der Waals surface area contributed by atoms with E-state index in [1.54, 1.807) is 19.0 Å². The highest BCUT2D eigenvalue weighted by Crippen LogP contribution is 2.26. The SMILES string of the molecule is CN(C)c1nc(N)c(C(=O)NCc2ccc(F)cc2F)s1. The van der Waals surface area contributed by atoms with E-state index >= 15 is 0 Å². The molecule has 5 nitrogen and oxygen atoms in total. The van der Waals surface area contributed by atoms with Gasteiger partial charge in [-0.15, -0.1) is 0 Å². The van der Waals surface area contributed by atoms with Crippen molar-refractivity contribution in [2.45, 2.75) is 6.54 Å². The number of nitrogens with zero attached hydrogens (tertiary/aromatic N) is 2. The van der Waals surface area contributed by atoms with Crippen LogP contribution in [0.4, 0.5) is 19.7 Å². The highest BCUT2D eigenvalue weighted by Gasteiger charge is 2.17. The average Bonchev–Trinajstić information content (AvgIpc) is 2.80. The van der Waals surface area contributed by atoms with Crippen LogP contribution >= 0.6 is 11.3 Å². The lowest BCUT2D eigenvalue weighted by atomic mass is 10.2. The van der Waals surface area contributed by atoms with Crippen molar-refractivity contribution in [2.24, 2.45) is 0 Å². The van der Waals surface area contributed by atoms with Crippen LogP contribution in [0.15, 0.2) is 18.2 Å². The second kappa shape index (κ2) is 6.04. The fourth-order valence-corrected chi connectivity index (χ4v) is 2.42. The van der Waals surface area contributed by atoms with E-state index in [4.69, 9.17) is 5.73 Å². The molecule has 0 saturated carbocycles. The second-order valence-electron chi connectivity index (χ2n) is 4.52. The lowest BCUT2D eigenvalue weighted by Crippen LogP contribution is -2.23. The number of halogens is 2. The van der Waals surface area contributed by atoms with Gasteiger partial charge in [0.05, 0.1) is 0 Å². The van der Waals surface area contributed by atoms with Crippen molar-refractivity contribution < 1.29 is 13.6 Å². The zero-order chi connectivity index (χ0) is 15.6. The normalized spacial score (nSPS) is 10.5. The molecule has 0 spiro atoms. The van der Waals surface area contributed by atoms with Crippen LogP contribution in [0.1, 0.15) is 15.2 Å². The molecule has 1 aromatic heterocycles. The van der Waals surface area contributed by atoms with E-state index in [9.17, 15) is 13.6 Å². The molecule has 0 saturated heterocycles. The summed E-state index contributed by atoms with van der Waals surface area (Å²) in [5.41, 5.74) is 5.88. The van der Waals surface area contributed by atoms with Gasteiger partial charge in [0.1, 0.15) is 22.3 Å². The van der Waals surface area contributed by atoms with E-state index in [1.165, 1.54) is 6.07 Å². The van der Waals surface area contributed by atoms with Crippen LogP contribution in [0, 0.1) is 11.6 Å². The monoisotopic (exact) mass is 312 g/mol. The van der Waals surface area contributed by atoms with Crippen molar-refractivity contribution in [3.63, 3.8) is 0 Å². The van der Waals surface area contributed by atoms with Crippen LogP contribution in [0.25, 0.3) is 0 Å². The summed E-state index contributed by atoms with van der Waals surface area (Å²) in [6, 6.07) is 3.19. The predicted molar refractivity (Wildman–Crippen MR) is 78.4 cm³/mol. The van der Waals surface area contributed by atoms with Gasteiger partial charge in [0, 0.05) is 32.3 Å². The number of hydrogen-bond donors (Lipinski definition) is 2. The first-order valence-electron chi connectivity index (χ1n) is 6.04. The first-order chi connectivity index (χ1) is 9.88. The Bertz CT molecular complexity index is 672. The van der Waals surface area contributed by atoms with Crippen LogP contribution in [0.2, 0.25) is 0 Å². The molecule has 1 heterocycles. The number of aromatic nitrogens is 1. The number of nitrogens with one attached hydrogen (secondary N) is 1. The molecular formula is C13H14F2N4OS. The summed E-state index contributed by atoms with van der Waals surface area (Å²) < 4.78 is 26.2. The number of thiazole rings is 1. The summed E-state index contributed by atoms with van der Waals surface area (Å²) in [6.07, 6.45) is 0. The third-order valence-corrected chi connectivity index (χ3v) is 3.92. The largest absolute Gasteiger partial charge is 0.382 e. The molecule has 2 rings (SSSR count). The third kappa shape index (κ3) is 3.46. The quantitative estimate of drug-likeness (QED) is 0.906. The van der Waals surface area contributed by atoms with Gasteiger partial charge < -0.3 is 16.0 Å². The topological polar surface area (TPSA) is 71.2 Å². The molecule has 0 bridgehead atoms. The molecule has 2 aromatic rings. The van der Waals surface area contributed by atoms with Gasteiger partial charge in [-0.25, -0.2) is 13.8 Å². The van der Waals surface area contributed by atoms with E-state index in [1.807, 2.05) is 0 Å². The molecule has 0 aliphatic carbocycles. The highest BCUT2D eigenvalue weighted by atomic mass is 32.1. The van der Waals surface area contributed by atoms with Crippen LogP contribution in [-0.2, 0) is 6.54 Å². The summed E-state index contributed by atoms with van der Waals surface area (Å²) in [5.74, 6) is -1.69. The van der Waals surface area contributed by atoms with Gasteiger partial charge in [-0.05, 0) is 6.07 Å². The van der Waals surface area contributed by atoms with Crippen molar-refractivity contribution in [1.82, 2.24) is 10.3 Å². The van der Waals surface area contributed by atoms with Gasteiger partial charge >= 0.3 is 0 Å². The van der Waals surface area contributed by atoms with Crippen LogP contribution < -0.4 is 16.0 Å². The molecule has 0 radical (unpaired) electrons. The number of amides is 1. The first kappa shape index (κ1) is 15.2. The van der Waals surface area contributed by atoms with E-state index in [2.05, 4.69) is 10.3 Å². The maximum Gasteiger partial charge on any atom is 0.265 e. The minimum atomic E-state index is -0.707. The van der Waals surface area contributed by atoms with Crippen LogP contribution in [0.3, 0.4) is 0 Å². The fourth-order valence-electron chi connectivity index (χ4n) is 1.59. The Morgan fingerprint density at radius 3 is 2.71 bits per heavy atom. The molecule has 8 heteroatoms. The lowest BCUT2D eigenvalue weighted by molar-refractivity contribution is 0.0955. The van der Waals surface area contributed by atoms with E-state index in [0.29, 0.717) is 5.13 Å². The minimum absolute atomic E-state index is 0.0560. The Balaban J connectivity index is 2.08. The molecule has 21 heavy (non-hydrogen) atoms. The van der Waals surface area contributed by atoms with Gasteiger partial charge in [0.25, 0.3) is 5.91 Å². The van der Waals surface area contributed by atoms with Gasteiger partial charge in [-0.1, -0.05) is 17.4 Å². The Morgan fingerprint density at radius 1 is 1.43 bits per heavy atom. The van der Waals surface area contributed by atoms with Crippen molar-refractivity contribution in [2.75, 3.05) is 24.7 Å².